The average Bonchev–Trinajstić information content (AvgIpc) is 3.41. The molecule has 28 heavy (non-hydrogen) atoms. The van der Waals surface area contributed by atoms with E-state index in [4.69, 9.17) is 13.8 Å². The van der Waals surface area contributed by atoms with Gasteiger partial charge in [-0.25, -0.2) is 0 Å². The van der Waals surface area contributed by atoms with Gasteiger partial charge in [-0.2, -0.15) is 0 Å². The molecular formula is C20H29N5O3. The summed E-state index contributed by atoms with van der Waals surface area (Å²) in [6.07, 6.45) is 3.22. The summed E-state index contributed by atoms with van der Waals surface area (Å²) in [6.45, 7) is 6.17. The highest BCUT2D eigenvalue weighted by molar-refractivity contribution is 5.91. The zero-order chi connectivity index (χ0) is 19.9. The van der Waals surface area contributed by atoms with Crippen molar-refractivity contribution in [1.82, 2.24) is 20.0 Å². The molecule has 1 atom stereocenters. The normalized spacial score (nSPS) is 16.5. The Labute approximate surface area is 165 Å². The van der Waals surface area contributed by atoms with Gasteiger partial charge >= 0.3 is 0 Å². The third-order valence-corrected chi connectivity index (χ3v) is 4.84. The fourth-order valence-corrected chi connectivity index (χ4v) is 3.26. The summed E-state index contributed by atoms with van der Waals surface area (Å²) < 4.78 is 10.8. The van der Waals surface area contributed by atoms with Crippen molar-refractivity contribution in [2.75, 3.05) is 53.4 Å². The van der Waals surface area contributed by atoms with Crippen LogP contribution in [0, 0.1) is 0 Å². The van der Waals surface area contributed by atoms with Gasteiger partial charge in [0.25, 0.3) is 5.91 Å². The van der Waals surface area contributed by atoms with Crippen LogP contribution in [0.5, 0.6) is 0 Å². The predicted molar refractivity (Wildman–Crippen MR) is 107 cm³/mol. The molecule has 1 aliphatic heterocycles. The lowest BCUT2D eigenvalue weighted by Gasteiger charge is -2.36. The first kappa shape index (κ1) is 20.0. The molecule has 8 heteroatoms. The lowest BCUT2D eigenvalue weighted by molar-refractivity contribution is 0.0657. The minimum Gasteiger partial charge on any atom is -0.468 e. The molecule has 0 aliphatic carbocycles. The van der Waals surface area contributed by atoms with Crippen molar-refractivity contribution in [2.24, 2.45) is 4.99 Å². The quantitative estimate of drug-likeness (QED) is 0.603. The average molecular weight is 387 g/mol. The Kier molecular flexibility index (Phi) is 6.76. The Balaban J connectivity index is 1.62. The Hall–Kier alpha value is -2.74. The molecule has 3 rings (SSSR count). The van der Waals surface area contributed by atoms with Gasteiger partial charge in [0.1, 0.15) is 5.76 Å². The molecule has 1 amide bonds. The number of carbonyl (C=O) groups excluding carboxylic acids is 1. The smallest absolute Gasteiger partial charge is 0.289 e. The van der Waals surface area contributed by atoms with E-state index in [9.17, 15) is 4.79 Å². The number of nitrogens with zero attached hydrogens (tertiary/aromatic N) is 4. The minimum absolute atomic E-state index is 0.0583. The highest BCUT2D eigenvalue weighted by Crippen LogP contribution is 2.19. The van der Waals surface area contributed by atoms with Crippen molar-refractivity contribution in [2.45, 2.75) is 13.0 Å². The second kappa shape index (κ2) is 9.45. The van der Waals surface area contributed by atoms with E-state index in [1.807, 2.05) is 31.1 Å². The van der Waals surface area contributed by atoms with Crippen molar-refractivity contribution >= 4 is 11.9 Å². The molecule has 1 N–H and O–H groups in total. The predicted octanol–water partition coefficient (Wildman–Crippen LogP) is 1.90. The van der Waals surface area contributed by atoms with Crippen LogP contribution in [0.15, 0.2) is 50.6 Å². The van der Waals surface area contributed by atoms with Crippen LogP contribution in [0.4, 0.5) is 0 Å². The Morgan fingerprint density at radius 1 is 1.14 bits per heavy atom. The molecule has 0 saturated carbocycles. The van der Waals surface area contributed by atoms with Gasteiger partial charge < -0.3 is 24.0 Å². The summed E-state index contributed by atoms with van der Waals surface area (Å²) >= 11 is 0. The van der Waals surface area contributed by atoms with Gasteiger partial charge in [-0.15, -0.1) is 0 Å². The minimum atomic E-state index is -0.0583. The van der Waals surface area contributed by atoms with Gasteiger partial charge in [-0.05, 0) is 45.3 Å². The van der Waals surface area contributed by atoms with Crippen LogP contribution in [0.1, 0.15) is 29.3 Å². The molecule has 1 saturated heterocycles. The van der Waals surface area contributed by atoms with Crippen LogP contribution in [-0.4, -0.2) is 79.9 Å². The molecule has 0 aromatic carbocycles. The largest absolute Gasteiger partial charge is 0.468 e. The lowest BCUT2D eigenvalue weighted by Crippen LogP contribution is -2.53. The second-order valence-electron chi connectivity index (χ2n) is 6.95. The van der Waals surface area contributed by atoms with Gasteiger partial charge in [0.15, 0.2) is 11.7 Å². The summed E-state index contributed by atoms with van der Waals surface area (Å²) in [5, 5.41) is 3.37. The third kappa shape index (κ3) is 4.75. The van der Waals surface area contributed by atoms with E-state index in [0.29, 0.717) is 25.4 Å². The topological polar surface area (TPSA) is 77.5 Å². The number of rotatable bonds is 6. The molecule has 0 spiro atoms. The molecule has 0 bridgehead atoms. The molecule has 152 valence electrons. The van der Waals surface area contributed by atoms with Gasteiger partial charge in [0.2, 0.25) is 0 Å². The summed E-state index contributed by atoms with van der Waals surface area (Å²) in [5.41, 5.74) is 0. The molecular weight excluding hydrogens is 358 g/mol. The number of guanidine groups is 1. The third-order valence-electron chi connectivity index (χ3n) is 4.84. The highest BCUT2D eigenvalue weighted by Gasteiger charge is 2.25. The van der Waals surface area contributed by atoms with Crippen LogP contribution in [-0.2, 0) is 0 Å². The SMILES string of the molecule is CCNC(=NCC(c1ccco1)N(C)C)N1CCN(C(=O)c2ccco2)CC1. The lowest BCUT2D eigenvalue weighted by atomic mass is 10.2. The van der Waals surface area contributed by atoms with Crippen LogP contribution >= 0.6 is 0 Å². The zero-order valence-corrected chi connectivity index (χ0v) is 16.8. The number of hydrogen-bond donors (Lipinski definition) is 1. The number of aliphatic imine (C=N–C) groups is 1. The van der Waals surface area contributed by atoms with E-state index in [0.717, 1.165) is 31.4 Å². The highest BCUT2D eigenvalue weighted by atomic mass is 16.3. The summed E-state index contributed by atoms with van der Waals surface area (Å²) in [4.78, 5) is 23.4. The zero-order valence-electron chi connectivity index (χ0n) is 16.8. The van der Waals surface area contributed by atoms with E-state index in [1.54, 1.807) is 18.4 Å². The maximum atomic E-state index is 12.4. The second-order valence-corrected chi connectivity index (χ2v) is 6.95. The summed E-state index contributed by atoms with van der Waals surface area (Å²) in [6, 6.07) is 7.39. The van der Waals surface area contributed by atoms with Crippen LogP contribution in [0.3, 0.4) is 0 Å². The molecule has 2 aromatic rings. The first-order valence-electron chi connectivity index (χ1n) is 9.66. The summed E-state index contributed by atoms with van der Waals surface area (Å²) in [7, 11) is 4.04. The van der Waals surface area contributed by atoms with Crippen molar-refractivity contribution in [3.8, 4) is 0 Å². The maximum Gasteiger partial charge on any atom is 0.289 e. The first-order valence-corrected chi connectivity index (χ1v) is 9.66. The van der Waals surface area contributed by atoms with E-state index < -0.39 is 0 Å². The number of furan rings is 2. The molecule has 0 radical (unpaired) electrons. The Bertz CT molecular complexity index is 747. The molecule has 3 heterocycles. The Morgan fingerprint density at radius 2 is 1.82 bits per heavy atom. The number of nitrogens with one attached hydrogen (secondary N) is 1. The van der Waals surface area contributed by atoms with Crippen LogP contribution < -0.4 is 5.32 Å². The van der Waals surface area contributed by atoms with E-state index >= 15 is 0 Å². The number of likely N-dealkylation sites (N-methyl/N-ethyl adjacent to an activating group) is 1. The van der Waals surface area contributed by atoms with Gasteiger partial charge in [0, 0.05) is 32.7 Å². The molecule has 1 aliphatic rings. The van der Waals surface area contributed by atoms with E-state index in [1.165, 1.54) is 6.26 Å². The Morgan fingerprint density at radius 3 is 2.39 bits per heavy atom. The van der Waals surface area contributed by atoms with E-state index in [-0.39, 0.29) is 11.9 Å². The standard InChI is InChI=1S/C20H29N5O3/c1-4-21-20(22-15-16(23(2)3)17-7-5-13-27-17)25-11-9-24(10-12-25)19(26)18-8-6-14-28-18/h5-8,13-14,16H,4,9-12,15H2,1-3H3,(H,21,22). The van der Waals surface area contributed by atoms with Crippen LogP contribution in [0.2, 0.25) is 0 Å². The van der Waals surface area contributed by atoms with Gasteiger partial charge in [-0.3, -0.25) is 14.7 Å². The number of hydrogen-bond acceptors (Lipinski definition) is 5. The fraction of sp³-hybridized carbons (Fsp3) is 0.500. The molecule has 8 nitrogen and oxygen atoms in total. The monoisotopic (exact) mass is 387 g/mol. The van der Waals surface area contributed by atoms with Gasteiger partial charge in [-0.1, -0.05) is 0 Å². The fourth-order valence-electron chi connectivity index (χ4n) is 3.26. The first-order chi connectivity index (χ1) is 13.6. The number of piperazine rings is 1. The molecule has 1 fully saturated rings. The van der Waals surface area contributed by atoms with Crippen molar-refractivity contribution in [3.63, 3.8) is 0 Å². The van der Waals surface area contributed by atoms with Crippen molar-refractivity contribution in [1.29, 1.82) is 0 Å². The number of carbonyl (C=O) groups is 1. The molecule has 2 aromatic heterocycles. The van der Waals surface area contributed by atoms with Gasteiger partial charge in [0.05, 0.1) is 25.1 Å². The maximum absolute atomic E-state index is 12.4. The van der Waals surface area contributed by atoms with Crippen molar-refractivity contribution in [3.05, 3.63) is 48.3 Å². The molecule has 1 unspecified atom stereocenters. The summed E-state index contributed by atoms with van der Waals surface area (Å²) in [5.74, 6) is 2.10. The number of amides is 1. The van der Waals surface area contributed by atoms with E-state index in [2.05, 4.69) is 22.0 Å². The van der Waals surface area contributed by atoms with Crippen molar-refractivity contribution < 1.29 is 13.6 Å². The van der Waals surface area contributed by atoms with Crippen LogP contribution in [0.25, 0.3) is 0 Å².